The molecule has 1 atom stereocenters. The number of fused-ring (bicyclic) bond motifs is 2. The summed E-state index contributed by atoms with van der Waals surface area (Å²) in [4.78, 5) is 13.3. The summed E-state index contributed by atoms with van der Waals surface area (Å²) in [5, 5.41) is 10.9. The lowest BCUT2D eigenvalue weighted by Gasteiger charge is -2.29. The van der Waals surface area contributed by atoms with E-state index in [9.17, 15) is 9.90 Å². The minimum absolute atomic E-state index is 0.130. The Bertz CT molecular complexity index is 1670. The molecule has 0 bridgehead atoms. The zero-order valence-electron chi connectivity index (χ0n) is 23.8. The summed E-state index contributed by atoms with van der Waals surface area (Å²) in [6.07, 6.45) is 0.852. The summed E-state index contributed by atoms with van der Waals surface area (Å²) in [6, 6.07) is 26.8. The van der Waals surface area contributed by atoms with Crippen molar-refractivity contribution >= 4 is 11.5 Å². The molecule has 6 rings (SSSR count). The first kappa shape index (κ1) is 27.3. The molecule has 0 aromatic heterocycles. The van der Waals surface area contributed by atoms with Crippen molar-refractivity contribution in [3.05, 3.63) is 118 Å². The molecule has 0 amide bonds. The van der Waals surface area contributed by atoms with Gasteiger partial charge in [-0.15, -0.1) is 0 Å². The summed E-state index contributed by atoms with van der Waals surface area (Å²) in [7, 11) is 1.59. The SMILES string of the molecule is CCCOc1ccc2c(c1)C(c1ccc(OC)cc1OCc1ccccc1)=C(C(=O)O)[C@@]2(C)c1ccc2c(c1)OCO2. The first-order valence-electron chi connectivity index (χ1n) is 13.9. The van der Waals surface area contributed by atoms with Gasteiger partial charge in [0.25, 0.3) is 0 Å². The number of carbonyl (C=O) groups is 1. The van der Waals surface area contributed by atoms with E-state index in [4.69, 9.17) is 23.7 Å². The Morgan fingerprint density at radius 3 is 2.43 bits per heavy atom. The van der Waals surface area contributed by atoms with Gasteiger partial charge in [0.15, 0.2) is 11.5 Å². The highest BCUT2D eigenvalue weighted by Gasteiger charge is 2.47. The largest absolute Gasteiger partial charge is 0.497 e. The maximum absolute atomic E-state index is 13.3. The van der Waals surface area contributed by atoms with Crippen molar-refractivity contribution in [1.82, 2.24) is 0 Å². The second-order valence-electron chi connectivity index (χ2n) is 10.4. The van der Waals surface area contributed by atoms with Gasteiger partial charge in [-0.2, -0.15) is 0 Å². The molecule has 4 aromatic carbocycles. The quantitative estimate of drug-likeness (QED) is 0.222. The molecule has 0 spiro atoms. The van der Waals surface area contributed by atoms with Gasteiger partial charge in [0.05, 0.1) is 24.7 Å². The molecule has 0 unspecified atom stereocenters. The van der Waals surface area contributed by atoms with Crippen LogP contribution in [-0.4, -0.2) is 31.6 Å². The van der Waals surface area contributed by atoms with Crippen LogP contribution in [0.5, 0.6) is 28.7 Å². The number of rotatable bonds is 10. The standard InChI is InChI=1S/C35H32O7/c1-4-16-39-25-12-14-28-27(18-25)32(26-13-11-24(38-3)19-30(26)40-20-22-8-6-5-7-9-22)33(34(36)37)35(28,2)23-10-15-29-31(17-23)42-21-41-29/h5-15,17-19H,4,16,20-21H2,1-3H3,(H,36,37)/t35-/m0/s1. The lowest BCUT2D eigenvalue weighted by Crippen LogP contribution is -2.28. The van der Waals surface area contributed by atoms with E-state index in [0.29, 0.717) is 53.1 Å². The van der Waals surface area contributed by atoms with E-state index in [1.807, 2.05) is 92.7 Å². The summed E-state index contributed by atoms with van der Waals surface area (Å²) in [5.74, 6) is 2.00. The summed E-state index contributed by atoms with van der Waals surface area (Å²) in [6.45, 7) is 4.98. The third kappa shape index (κ3) is 4.71. The third-order valence-corrected chi connectivity index (χ3v) is 7.88. The van der Waals surface area contributed by atoms with Gasteiger partial charge < -0.3 is 28.8 Å². The van der Waals surface area contributed by atoms with Crippen LogP contribution in [0.1, 0.15) is 48.1 Å². The minimum atomic E-state index is -1.03. The summed E-state index contributed by atoms with van der Waals surface area (Å²) in [5.41, 5.74) is 3.84. The normalized spacial score (nSPS) is 16.7. The highest BCUT2D eigenvalue weighted by atomic mass is 16.7. The topological polar surface area (TPSA) is 83.5 Å². The van der Waals surface area contributed by atoms with E-state index in [2.05, 4.69) is 0 Å². The van der Waals surface area contributed by atoms with E-state index in [1.165, 1.54) is 0 Å². The molecule has 0 radical (unpaired) electrons. The molecule has 214 valence electrons. The average molecular weight is 565 g/mol. The molecular formula is C35H32O7. The van der Waals surface area contributed by atoms with E-state index in [1.54, 1.807) is 13.2 Å². The molecule has 0 saturated carbocycles. The number of ether oxygens (including phenoxy) is 5. The lowest BCUT2D eigenvalue weighted by atomic mass is 9.73. The summed E-state index contributed by atoms with van der Waals surface area (Å²) >= 11 is 0. The molecule has 1 N–H and O–H groups in total. The van der Waals surface area contributed by atoms with Gasteiger partial charge >= 0.3 is 5.97 Å². The van der Waals surface area contributed by atoms with Crippen LogP contribution < -0.4 is 23.7 Å². The minimum Gasteiger partial charge on any atom is -0.497 e. The Morgan fingerprint density at radius 2 is 1.67 bits per heavy atom. The first-order chi connectivity index (χ1) is 20.4. The van der Waals surface area contributed by atoms with Crippen LogP contribution in [0.3, 0.4) is 0 Å². The molecule has 42 heavy (non-hydrogen) atoms. The van der Waals surface area contributed by atoms with Gasteiger partial charge in [-0.1, -0.05) is 49.4 Å². The Balaban J connectivity index is 1.58. The molecule has 1 heterocycles. The van der Waals surface area contributed by atoms with Gasteiger partial charge in [-0.3, -0.25) is 0 Å². The van der Waals surface area contributed by atoms with E-state index in [0.717, 1.165) is 28.7 Å². The Kier molecular flexibility index (Phi) is 7.25. The molecule has 0 fully saturated rings. The summed E-state index contributed by atoms with van der Waals surface area (Å²) < 4.78 is 29.1. The van der Waals surface area contributed by atoms with Crippen LogP contribution >= 0.6 is 0 Å². The van der Waals surface area contributed by atoms with Crippen LogP contribution in [0.2, 0.25) is 0 Å². The first-order valence-corrected chi connectivity index (χ1v) is 13.9. The number of benzene rings is 4. The number of methoxy groups -OCH3 is 1. The van der Waals surface area contributed by atoms with Crippen LogP contribution in [0.15, 0.2) is 90.5 Å². The van der Waals surface area contributed by atoms with Crippen molar-refractivity contribution in [3.63, 3.8) is 0 Å². The lowest BCUT2D eigenvalue weighted by molar-refractivity contribution is -0.133. The fourth-order valence-corrected chi connectivity index (χ4v) is 5.79. The number of carboxylic acid groups (broad SMARTS) is 1. The van der Waals surface area contributed by atoms with Crippen molar-refractivity contribution in [1.29, 1.82) is 0 Å². The maximum Gasteiger partial charge on any atom is 0.333 e. The average Bonchev–Trinajstić information content (AvgIpc) is 3.59. The Morgan fingerprint density at radius 1 is 0.881 bits per heavy atom. The molecule has 7 heteroatoms. The Hall–Kier alpha value is -4.91. The molecule has 1 aliphatic carbocycles. The maximum atomic E-state index is 13.3. The number of aliphatic carboxylic acids is 1. The zero-order valence-corrected chi connectivity index (χ0v) is 23.8. The van der Waals surface area contributed by atoms with Crippen molar-refractivity contribution in [2.75, 3.05) is 20.5 Å². The fraction of sp³-hybridized carbons (Fsp3) is 0.229. The molecule has 1 aliphatic heterocycles. The second kappa shape index (κ2) is 11.2. The predicted octanol–water partition coefficient (Wildman–Crippen LogP) is 7.00. The van der Waals surface area contributed by atoms with Crippen molar-refractivity contribution in [2.24, 2.45) is 0 Å². The predicted molar refractivity (Wildman–Crippen MR) is 159 cm³/mol. The molecule has 0 saturated heterocycles. The van der Waals surface area contributed by atoms with Gasteiger partial charge in [0, 0.05) is 17.2 Å². The number of carboxylic acids is 1. The number of hydrogen-bond acceptors (Lipinski definition) is 6. The Labute approximate surface area is 244 Å². The van der Waals surface area contributed by atoms with E-state index >= 15 is 0 Å². The van der Waals surface area contributed by atoms with Gasteiger partial charge in [0.1, 0.15) is 23.9 Å². The van der Waals surface area contributed by atoms with Crippen molar-refractivity contribution in [3.8, 4) is 28.7 Å². The number of hydrogen-bond donors (Lipinski definition) is 1. The molecule has 2 aliphatic rings. The second-order valence-corrected chi connectivity index (χ2v) is 10.4. The van der Waals surface area contributed by atoms with Crippen molar-refractivity contribution < 1.29 is 33.6 Å². The highest BCUT2D eigenvalue weighted by molar-refractivity contribution is 6.09. The molecule has 7 nitrogen and oxygen atoms in total. The van der Waals surface area contributed by atoms with E-state index < -0.39 is 11.4 Å². The van der Waals surface area contributed by atoms with Crippen LogP contribution in [-0.2, 0) is 16.8 Å². The smallest absolute Gasteiger partial charge is 0.333 e. The van der Waals surface area contributed by atoms with Crippen LogP contribution in [0, 0.1) is 0 Å². The highest BCUT2D eigenvalue weighted by Crippen LogP contribution is 2.55. The van der Waals surface area contributed by atoms with Gasteiger partial charge in [0.2, 0.25) is 6.79 Å². The van der Waals surface area contributed by atoms with Crippen LogP contribution in [0.25, 0.3) is 5.57 Å². The van der Waals surface area contributed by atoms with Gasteiger partial charge in [-0.25, -0.2) is 4.79 Å². The fourth-order valence-electron chi connectivity index (χ4n) is 5.79. The monoisotopic (exact) mass is 564 g/mol. The van der Waals surface area contributed by atoms with E-state index in [-0.39, 0.29) is 12.4 Å². The van der Waals surface area contributed by atoms with Gasteiger partial charge in [-0.05, 0) is 72.0 Å². The van der Waals surface area contributed by atoms with Crippen molar-refractivity contribution in [2.45, 2.75) is 32.3 Å². The van der Waals surface area contributed by atoms with Crippen LogP contribution in [0.4, 0.5) is 0 Å². The zero-order chi connectivity index (χ0) is 29.3. The molecule has 4 aromatic rings. The molecular weight excluding hydrogens is 532 g/mol. The third-order valence-electron chi connectivity index (χ3n) is 7.88.